The summed E-state index contributed by atoms with van der Waals surface area (Å²) in [4.78, 5) is 4.11. The van der Waals surface area contributed by atoms with Crippen LogP contribution in [-0.2, 0) is 12.3 Å². The van der Waals surface area contributed by atoms with Gasteiger partial charge in [0.05, 0.1) is 12.7 Å². The molecule has 0 N–H and O–H groups in total. The molecule has 0 unspecified atom stereocenters. The summed E-state index contributed by atoms with van der Waals surface area (Å²) in [7, 11) is 0. The van der Waals surface area contributed by atoms with Crippen LogP contribution >= 0.6 is 11.8 Å². The van der Waals surface area contributed by atoms with Crippen molar-refractivity contribution < 1.29 is 4.74 Å². The van der Waals surface area contributed by atoms with Crippen LogP contribution in [-0.4, -0.2) is 19.7 Å². The van der Waals surface area contributed by atoms with Gasteiger partial charge in [0, 0.05) is 17.5 Å². The first-order valence-electron chi connectivity index (χ1n) is 9.02. The second-order valence-electron chi connectivity index (χ2n) is 6.29. The number of pyridine rings is 1. The van der Waals surface area contributed by atoms with Crippen LogP contribution in [0.15, 0.2) is 84.3 Å². The lowest BCUT2D eigenvalue weighted by molar-refractivity contribution is 0.476. The molecule has 0 radical (unpaired) electrons. The van der Waals surface area contributed by atoms with Gasteiger partial charge in [-0.2, -0.15) is 0 Å². The van der Waals surface area contributed by atoms with E-state index in [-0.39, 0.29) is 0 Å². The molecule has 0 bridgehead atoms. The van der Waals surface area contributed by atoms with Crippen molar-refractivity contribution in [1.29, 1.82) is 0 Å². The summed E-state index contributed by atoms with van der Waals surface area (Å²) in [6, 6.07) is 22.2. The molecule has 0 aliphatic heterocycles. The Balaban J connectivity index is 1.50. The van der Waals surface area contributed by atoms with Gasteiger partial charge in [0.25, 0.3) is 0 Å². The number of aryl methyl sites for hydroxylation is 1. The van der Waals surface area contributed by atoms with Crippen molar-refractivity contribution >= 4 is 11.8 Å². The molecule has 4 rings (SSSR count). The van der Waals surface area contributed by atoms with Gasteiger partial charge < -0.3 is 9.30 Å². The van der Waals surface area contributed by atoms with Crippen molar-refractivity contribution in [1.82, 2.24) is 19.7 Å². The summed E-state index contributed by atoms with van der Waals surface area (Å²) < 4.78 is 8.15. The predicted octanol–water partition coefficient (Wildman–Crippen LogP) is 5.11. The van der Waals surface area contributed by atoms with Gasteiger partial charge in [-0.25, -0.2) is 0 Å². The third-order valence-electron chi connectivity index (χ3n) is 4.28. The zero-order valence-electron chi connectivity index (χ0n) is 15.5. The molecular formula is C22H20N4OS. The molecule has 0 saturated heterocycles. The Kier molecular flexibility index (Phi) is 5.68. The van der Waals surface area contributed by atoms with E-state index >= 15 is 0 Å². The lowest BCUT2D eigenvalue weighted by Crippen LogP contribution is -2.04. The van der Waals surface area contributed by atoms with E-state index in [1.165, 1.54) is 5.56 Å². The minimum Gasteiger partial charge on any atom is -0.455 e. The lowest BCUT2D eigenvalue weighted by atomic mass is 10.2. The number of hydrogen-bond acceptors (Lipinski definition) is 5. The standard InChI is InChI=1S/C22H20N4OS/c1-17-24-25-22(26(17)15-18-8-3-2-4-9-18)28-16-19-10-5-6-12-21(19)27-20-11-7-13-23-14-20/h2-14H,15-16H2,1H3. The van der Waals surface area contributed by atoms with E-state index in [1.54, 1.807) is 24.2 Å². The summed E-state index contributed by atoms with van der Waals surface area (Å²) in [6.45, 7) is 2.75. The summed E-state index contributed by atoms with van der Waals surface area (Å²) in [5, 5.41) is 9.53. The van der Waals surface area contributed by atoms with Crippen LogP contribution in [0, 0.1) is 6.92 Å². The molecule has 5 nitrogen and oxygen atoms in total. The first-order valence-corrected chi connectivity index (χ1v) is 10.0. The number of nitrogens with zero attached hydrogens (tertiary/aromatic N) is 4. The van der Waals surface area contributed by atoms with Crippen molar-refractivity contribution in [3.05, 3.63) is 96.1 Å². The molecule has 2 aromatic heterocycles. The number of para-hydroxylation sites is 1. The number of ether oxygens (including phenoxy) is 1. The van der Waals surface area contributed by atoms with Crippen molar-refractivity contribution in [3.63, 3.8) is 0 Å². The zero-order chi connectivity index (χ0) is 19.2. The Bertz CT molecular complexity index is 1030. The number of thioether (sulfide) groups is 1. The van der Waals surface area contributed by atoms with Crippen LogP contribution in [0.5, 0.6) is 11.5 Å². The van der Waals surface area contributed by atoms with Crippen LogP contribution in [0.25, 0.3) is 0 Å². The maximum Gasteiger partial charge on any atom is 0.191 e. The predicted molar refractivity (Wildman–Crippen MR) is 111 cm³/mol. The molecule has 0 fully saturated rings. The molecule has 2 aromatic carbocycles. The van der Waals surface area contributed by atoms with Gasteiger partial charge in [-0.1, -0.05) is 60.3 Å². The molecule has 0 aliphatic carbocycles. The maximum absolute atomic E-state index is 6.01. The molecule has 6 heteroatoms. The summed E-state index contributed by atoms with van der Waals surface area (Å²) in [5.41, 5.74) is 2.33. The van der Waals surface area contributed by atoms with Crippen LogP contribution in [0.1, 0.15) is 17.0 Å². The number of benzene rings is 2. The lowest BCUT2D eigenvalue weighted by Gasteiger charge is -2.11. The fourth-order valence-corrected chi connectivity index (χ4v) is 3.79. The SMILES string of the molecule is Cc1nnc(SCc2ccccc2Oc2cccnc2)n1Cc1ccccc1. The van der Waals surface area contributed by atoms with Crippen LogP contribution in [0.2, 0.25) is 0 Å². The Hall–Kier alpha value is -3.12. The highest BCUT2D eigenvalue weighted by Gasteiger charge is 2.12. The first kappa shape index (κ1) is 18.3. The van der Waals surface area contributed by atoms with Crippen molar-refractivity contribution in [2.75, 3.05) is 0 Å². The number of rotatable bonds is 7. The van der Waals surface area contributed by atoms with E-state index in [0.29, 0.717) is 0 Å². The molecule has 140 valence electrons. The summed E-state index contributed by atoms with van der Waals surface area (Å²) in [5.74, 6) is 3.20. The van der Waals surface area contributed by atoms with Gasteiger partial charge in [-0.3, -0.25) is 4.98 Å². The van der Waals surface area contributed by atoms with E-state index in [2.05, 4.69) is 37.9 Å². The second kappa shape index (κ2) is 8.71. The topological polar surface area (TPSA) is 52.8 Å². The van der Waals surface area contributed by atoms with Crippen molar-refractivity contribution in [2.24, 2.45) is 0 Å². The van der Waals surface area contributed by atoms with Gasteiger partial charge in [-0.15, -0.1) is 10.2 Å². The Morgan fingerprint density at radius 1 is 0.929 bits per heavy atom. The highest BCUT2D eigenvalue weighted by molar-refractivity contribution is 7.98. The molecule has 4 aromatic rings. The van der Waals surface area contributed by atoms with Crippen LogP contribution < -0.4 is 4.74 Å². The Morgan fingerprint density at radius 2 is 1.75 bits per heavy atom. The van der Waals surface area contributed by atoms with Gasteiger partial charge in [0.2, 0.25) is 0 Å². The van der Waals surface area contributed by atoms with E-state index in [0.717, 1.165) is 40.3 Å². The minimum absolute atomic E-state index is 0.725. The van der Waals surface area contributed by atoms with Crippen molar-refractivity contribution in [2.45, 2.75) is 24.4 Å². The second-order valence-corrected chi connectivity index (χ2v) is 7.23. The Labute approximate surface area is 168 Å². The van der Waals surface area contributed by atoms with E-state index < -0.39 is 0 Å². The van der Waals surface area contributed by atoms with Crippen LogP contribution in [0.4, 0.5) is 0 Å². The van der Waals surface area contributed by atoms with Crippen LogP contribution in [0.3, 0.4) is 0 Å². The quantitative estimate of drug-likeness (QED) is 0.412. The average molecular weight is 388 g/mol. The summed E-state index contributed by atoms with van der Waals surface area (Å²) in [6.07, 6.45) is 3.44. The number of aromatic nitrogens is 4. The molecule has 0 atom stereocenters. The third kappa shape index (κ3) is 4.40. The molecule has 0 saturated carbocycles. The van der Waals surface area contributed by atoms with Crippen molar-refractivity contribution in [3.8, 4) is 11.5 Å². The van der Waals surface area contributed by atoms with Gasteiger partial charge in [0.1, 0.15) is 17.3 Å². The van der Waals surface area contributed by atoms with Gasteiger partial charge in [0.15, 0.2) is 5.16 Å². The average Bonchev–Trinajstić information content (AvgIpc) is 3.08. The van der Waals surface area contributed by atoms with E-state index in [9.17, 15) is 0 Å². The van der Waals surface area contributed by atoms with Gasteiger partial charge in [-0.05, 0) is 30.7 Å². The summed E-state index contributed by atoms with van der Waals surface area (Å²) >= 11 is 1.66. The normalized spacial score (nSPS) is 10.8. The van der Waals surface area contributed by atoms with E-state index in [4.69, 9.17) is 4.74 Å². The number of hydrogen-bond donors (Lipinski definition) is 0. The molecule has 0 spiro atoms. The monoisotopic (exact) mass is 388 g/mol. The highest BCUT2D eigenvalue weighted by Crippen LogP contribution is 2.30. The van der Waals surface area contributed by atoms with E-state index in [1.807, 2.05) is 55.5 Å². The Morgan fingerprint density at radius 3 is 2.57 bits per heavy atom. The smallest absolute Gasteiger partial charge is 0.191 e. The first-order chi connectivity index (χ1) is 13.8. The van der Waals surface area contributed by atoms with Gasteiger partial charge >= 0.3 is 0 Å². The fraction of sp³-hybridized carbons (Fsp3) is 0.136. The molecule has 2 heterocycles. The largest absolute Gasteiger partial charge is 0.455 e. The molecule has 0 amide bonds. The molecular weight excluding hydrogens is 368 g/mol. The molecule has 28 heavy (non-hydrogen) atoms. The zero-order valence-corrected chi connectivity index (χ0v) is 16.3. The minimum atomic E-state index is 0.725. The fourth-order valence-electron chi connectivity index (χ4n) is 2.82. The maximum atomic E-state index is 6.01. The molecule has 0 aliphatic rings. The third-order valence-corrected chi connectivity index (χ3v) is 5.29. The highest BCUT2D eigenvalue weighted by atomic mass is 32.2.